The van der Waals surface area contributed by atoms with Crippen LogP contribution in [0.4, 0.5) is 0 Å². The van der Waals surface area contributed by atoms with Gasteiger partial charge in [0.15, 0.2) is 0 Å². The summed E-state index contributed by atoms with van der Waals surface area (Å²) in [5.74, 6) is 0. The monoisotopic (exact) mass is 205 g/mol. The van der Waals surface area contributed by atoms with E-state index in [4.69, 9.17) is 0 Å². The zero-order valence-electron chi connectivity index (χ0n) is 5.84. The number of rotatable bonds is 0. The first-order valence-corrected chi connectivity index (χ1v) is 4.22. The molecule has 0 aliphatic heterocycles. The van der Waals surface area contributed by atoms with Crippen molar-refractivity contribution < 1.29 is 0 Å². The fourth-order valence-electron chi connectivity index (χ4n) is 1.09. The van der Waals surface area contributed by atoms with Gasteiger partial charge in [-0.15, -0.1) is 0 Å². The van der Waals surface area contributed by atoms with Crippen LogP contribution in [0.15, 0.2) is 40.9 Å². The zero-order chi connectivity index (χ0) is 7.68. The van der Waals surface area contributed by atoms with Crippen LogP contribution < -0.4 is 0 Å². The second-order valence-electron chi connectivity index (χ2n) is 2.39. The Bertz CT molecular complexity index is 379. The summed E-state index contributed by atoms with van der Waals surface area (Å²) in [7, 11) is 0. The van der Waals surface area contributed by atoms with Gasteiger partial charge in [-0.3, -0.25) is 0 Å². The molecular formula is C10H6Br. The number of hydrogen-bond acceptors (Lipinski definition) is 0. The largest absolute Gasteiger partial charge is 0.0616 e. The Hall–Kier alpha value is -0.820. The second kappa shape index (κ2) is 2.67. The smallest absolute Gasteiger partial charge is 0.0260 e. The molecule has 2 aromatic carbocycles. The lowest BCUT2D eigenvalue weighted by Crippen LogP contribution is -1.70. The maximum Gasteiger partial charge on any atom is 0.0260 e. The average molecular weight is 206 g/mol. The van der Waals surface area contributed by atoms with Crippen molar-refractivity contribution in [1.82, 2.24) is 0 Å². The third-order valence-corrected chi connectivity index (χ3v) is 2.09. The molecule has 0 aromatic heterocycles. The molecule has 0 amide bonds. The third-order valence-electron chi connectivity index (χ3n) is 1.62. The van der Waals surface area contributed by atoms with Gasteiger partial charge in [0.1, 0.15) is 0 Å². The zero-order valence-corrected chi connectivity index (χ0v) is 7.43. The molecule has 0 aliphatic rings. The van der Waals surface area contributed by atoms with E-state index in [1.54, 1.807) is 0 Å². The summed E-state index contributed by atoms with van der Waals surface area (Å²) in [4.78, 5) is 0. The molecule has 0 aliphatic carbocycles. The predicted octanol–water partition coefficient (Wildman–Crippen LogP) is 3.40. The van der Waals surface area contributed by atoms with Gasteiger partial charge in [-0.2, -0.15) is 0 Å². The van der Waals surface area contributed by atoms with Crippen molar-refractivity contribution >= 4 is 26.7 Å². The third kappa shape index (κ3) is 1.29. The van der Waals surface area contributed by atoms with Gasteiger partial charge in [-0.25, -0.2) is 0 Å². The minimum absolute atomic E-state index is 1.01. The van der Waals surface area contributed by atoms with E-state index in [0.29, 0.717) is 0 Å². The van der Waals surface area contributed by atoms with E-state index < -0.39 is 0 Å². The molecule has 0 bridgehead atoms. The number of benzene rings is 2. The first-order valence-electron chi connectivity index (χ1n) is 3.43. The average Bonchev–Trinajstić information content (AvgIpc) is 2.04. The van der Waals surface area contributed by atoms with Crippen molar-refractivity contribution in [1.29, 1.82) is 0 Å². The van der Waals surface area contributed by atoms with Gasteiger partial charge in [-0.1, -0.05) is 46.3 Å². The first-order chi connectivity index (χ1) is 5.36. The van der Waals surface area contributed by atoms with Crippen LogP contribution in [0.3, 0.4) is 0 Å². The first kappa shape index (κ1) is 6.86. The van der Waals surface area contributed by atoms with Gasteiger partial charge < -0.3 is 0 Å². The van der Waals surface area contributed by atoms with Crippen LogP contribution in [0.25, 0.3) is 10.8 Å². The summed E-state index contributed by atoms with van der Waals surface area (Å²) in [5, 5.41) is 2.39. The lowest BCUT2D eigenvalue weighted by molar-refractivity contribution is 1.69. The molecule has 11 heavy (non-hydrogen) atoms. The maximum atomic E-state index is 3.38. The minimum Gasteiger partial charge on any atom is -0.0616 e. The molecule has 1 radical (unpaired) electrons. The summed E-state index contributed by atoms with van der Waals surface area (Å²) in [6.07, 6.45) is 0. The van der Waals surface area contributed by atoms with Gasteiger partial charge in [0.25, 0.3) is 0 Å². The highest BCUT2D eigenvalue weighted by molar-refractivity contribution is 9.10. The van der Waals surface area contributed by atoms with Gasteiger partial charge in [0.2, 0.25) is 0 Å². The van der Waals surface area contributed by atoms with Crippen molar-refractivity contribution in [2.24, 2.45) is 0 Å². The molecule has 1 heteroatoms. The quantitative estimate of drug-likeness (QED) is 0.619. The lowest BCUT2D eigenvalue weighted by Gasteiger charge is -1.95. The van der Waals surface area contributed by atoms with Crippen LogP contribution in [0, 0.1) is 6.07 Å². The van der Waals surface area contributed by atoms with Crippen LogP contribution in [0.5, 0.6) is 0 Å². The van der Waals surface area contributed by atoms with E-state index in [1.807, 2.05) is 18.2 Å². The molecule has 0 heterocycles. The summed E-state index contributed by atoms with van der Waals surface area (Å²) >= 11 is 3.38. The molecular weight excluding hydrogens is 200 g/mol. The van der Waals surface area contributed by atoms with Crippen LogP contribution >= 0.6 is 15.9 Å². The van der Waals surface area contributed by atoms with Gasteiger partial charge in [-0.05, 0) is 16.8 Å². The molecule has 0 unspecified atom stereocenters. The van der Waals surface area contributed by atoms with Crippen molar-refractivity contribution in [2.45, 2.75) is 0 Å². The Morgan fingerprint density at radius 1 is 1.00 bits per heavy atom. The molecule has 0 saturated carbocycles. The molecule has 0 atom stereocenters. The molecule has 2 aromatic rings. The second-order valence-corrected chi connectivity index (χ2v) is 3.25. The molecule has 53 valence electrons. The summed E-state index contributed by atoms with van der Waals surface area (Å²) < 4.78 is 1.01. The minimum atomic E-state index is 1.01. The van der Waals surface area contributed by atoms with Crippen LogP contribution in [-0.4, -0.2) is 0 Å². The van der Waals surface area contributed by atoms with Gasteiger partial charge >= 0.3 is 0 Å². The van der Waals surface area contributed by atoms with E-state index in [9.17, 15) is 0 Å². The number of halogens is 1. The molecule has 0 nitrogen and oxygen atoms in total. The Kier molecular flexibility index (Phi) is 1.66. The Labute approximate surface area is 74.0 Å². The number of fused-ring (bicyclic) bond motifs is 1. The van der Waals surface area contributed by atoms with Crippen molar-refractivity contribution in [3.63, 3.8) is 0 Å². The highest BCUT2D eigenvalue weighted by atomic mass is 79.9. The molecule has 0 spiro atoms. The Balaban J connectivity index is 2.83. The molecule has 0 saturated heterocycles. The van der Waals surface area contributed by atoms with E-state index in [1.165, 1.54) is 5.39 Å². The summed E-state index contributed by atoms with van der Waals surface area (Å²) in [6, 6.07) is 15.5. The van der Waals surface area contributed by atoms with Crippen LogP contribution in [0.2, 0.25) is 0 Å². The lowest BCUT2D eigenvalue weighted by atomic mass is 10.1. The molecule has 0 fully saturated rings. The highest BCUT2D eigenvalue weighted by Gasteiger charge is 1.91. The molecule has 2 rings (SSSR count). The van der Waals surface area contributed by atoms with E-state index >= 15 is 0 Å². The standard InChI is InChI=1S/C10H6Br/c11-10-6-5-8-3-1-2-4-9(8)7-10/h1-6H. The normalized spacial score (nSPS) is 10.3. The number of hydrogen-bond donors (Lipinski definition) is 0. The fourth-order valence-corrected chi connectivity index (χ4v) is 1.44. The summed E-state index contributed by atoms with van der Waals surface area (Å²) in [6.45, 7) is 0. The van der Waals surface area contributed by atoms with E-state index in [0.717, 1.165) is 9.86 Å². The molecule has 0 N–H and O–H groups in total. The van der Waals surface area contributed by atoms with Gasteiger partial charge in [0, 0.05) is 10.5 Å². The van der Waals surface area contributed by atoms with Crippen molar-refractivity contribution in [3.8, 4) is 0 Å². The van der Waals surface area contributed by atoms with Crippen LogP contribution in [-0.2, 0) is 0 Å². The van der Waals surface area contributed by atoms with E-state index in [2.05, 4.69) is 40.2 Å². The summed E-state index contributed by atoms with van der Waals surface area (Å²) in [5.41, 5.74) is 0. The van der Waals surface area contributed by atoms with Gasteiger partial charge in [0.05, 0.1) is 0 Å². The van der Waals surface area contributed by atoms with Crippen molar-refractivity contribution in [2.75, 3.05) is 0 Å². The fraction of sp³-hybridized carbons (Fsp3) is 0. The Morgan fingerprint density at radius 2 is 1.82 bits per heavy atom. The highest BCUT2D eigenvalue weighted by Crippen LogP contribution is 2.17. The predicted molar refractivity (Wildman–Crippen MR) is 50.5 cm³/mol. The topological polar surface area (TPSA) is 0 Å². The van der Waals surface area contributed by atoms with Crippen molar-refractivity contribution in [3.05, 3.63) is 46.9 Å². The maximum absolute atomic E-state index is 3.38. The SMILES string of the molecule is Brc1[c]c2ccccc2cc1. The van der Waals surface area contributed by atoms with E-state index in [-0.39, 0.29) is 0 Å². The Morgan fingerprint density at radius 3 is 2.73 bits per heavy atom. The van der Waals surface area contributed by atoms with Crippen LogP contribution in [0.1, 0.15) is 0 Å².